The summed E-state index contributed by atoms with van der Waals surface area (Å²) in [6.07, 6.45) is -4.64. The molecule has 4 rings (SSSR count). The number of hydrogen-bond acceptors (Lipinski definition) is 6. The summed E-state index contributed by atoms with van der Waals surface area (Å²) in [6, 6.07) is 8.72. The first-order chi connectivity index (χ1) is 11.8. The minimum absolute atomic E-state index is 0.107. The fourth-order valence-corrected chi connectivity index (χ4v) is 4.19. The molecule has 9 heteroatoms. The lowest BCUT2D eigenvalue weighted by molar-refractivity contribution is -0.184. The summed E-state index contributed by atoms with van der Waals surface area (Å²) in [4.78, 5) is 4.03. The summed E-state index contributed by atoms with van der Waals surface area (Å²) in [7, 11) is 0. The van der Waals surface area contributed by atoms with Crippen LogP contribution in [0.4, 0.5) is 13.2 Å². The molecule has 0 aromatic heterocycles. The topological polar surface area (TPSA) is 104 Å². The molecular formula is C16H11F3N4O2. The molecule has 3 unspecified atom stereocenters. The van der Waals surface area contributed by atoms with E-state index < -0.39 is 34.4 Å². The van der Waals surface area contributed by atoms with Crippen molar-refractivity contribution in [3.8, 4) is 12.1 Å². The summed E-state index contributed by atoms with van der Waals surface area (Å²) in [5.74, 6) is -3.23. The minimum atomic E-state index is -4.64. The fraction of sp³-hybridized carbons (Fsp3) is 0.438. The molecule has 1 aliphatic carbocycles. The molecule has 2 N–H and O–H groups in total. The maximum Gasteiger partial charge on any atom is 0.416 e. The van der Waals surface area contributed by atoms with Crippen molar-refractivity contribution in [1.82, 2.24) is 0 Å². The number of ether oxygens (including phenoxy) is 2. The maximum absolute atomic E-state index is 13.4. The third kappa shape index (κ3) is 1.53. The number of alkyl halides is 3. The van der Waals surface area contributed by atoms with Gasteiger partial charge in [-0.1, -0.05) is 18.2 Å². The predicted molar refractivity (Wildman–Crippen MR) is 76.5 cm³/mol. The second-order valence-electron chi connectivity index (χ2n) is 6.13. The first-order valence-electron chi connectivity index (χ1n) is 7.43. The molecule has 1 aromatic rings. The lowest BCUT2D eigenvalue weighted by Crippen LogP contribution is -2.38. The second-order valence-corrected chi connectivity index (χ2v) is 6.13. The third-order valence-corrected chi connectivity index (χ3v) is 5.18. The molecule has 1 saturated heterocycles. The SMILES string of the molecule is N#CC12C(N)=NC3(OCCO3)C1(C#N)C2c1ccccc1C(F)(F)F. The van der Waals surface area contributed by atoms with Crippen LogP contribution in [-0.2, 0) is 15.7 Å². The Kier molecular flexibility index (Phi) is 2.86. The van der Waals surface area contributed by atoms with Crippen LogP contribution in [0.25, 0.3) is 0 Å². The van der Waals surface area contributed by atoms with Gasteiger partial charge >= 0.3 is 6.18 Å². The molecule has 3 atom stereocenters. The van der Waals surface area contributed by atoms with E-state index in [4.69, 9.17) is 15.2 Å². The molecule has 0 bridgehead atoms. The van der Waals surface area contributed by atoms with Gasteiger partial charge in [-0.15, -0.1) is 0 Å². The van der Waals surface area contributed by atoms with Crippen molar-refractivity contribution in [2.24, 2.45) is 21.6 Å². The number of nitrogens with two attached hydrogens (primary N) is 1. The van der Waals surface area contributed by atoms with Crippen molar-refractivity contribution in [2.75, 3.05) is 13.2 Å². The van der Waals surface area contributed by atoms with Crippen molar-refractivity contribution in [3.63, 3.8) is 0 Å². The lowest BCUT2D eigenvalue weighted by atomic mass is 9.93. The standard InChI is InChI=1S/C16H11F3N4O2/c17-15(18,19)10-4-2-1-3-9(10)11-13(7-20)12(22)23-16(14(11,13)8-21)24-5-6-25-16/h1-4,11H,5-6H2,(H2,22,23). The zero-order chi connectivity index (χ0) is 18.1. The number of nitriles is 2. The van der Waals surface area contributed by atoms with E-state index in [1.54, 1.807) is 0 Å². The maximum atomic E-state index is 13.4. The Balaban J connectivity index is 1.97. The van der Waals surface area contributed by atoms with Crippen LogP contribution in [-0.4, -0.2) is 25.0 Å². The van der Waals surface area contributed by atoms with E-state index >= 15 is 0 Å². The van der Waals surface area contributed by atoms with Gasteiger partial charge in [-0.25, -0.2) is 4.99 Å². The number of fused-ring (bicyclic) bond motifs is 2. The molecule has 0 amide bonds. The van der Waals surface area contributed by atoms with Crippen LogP contribution in [0.1, 0.15) is 17.0 Å². The van der Waals surface area contributed by atoms with Crippen LogP contribution in [0.2, 0.25) is 0 Å². The van der Waals surface area contributed by atoms with Gasteiger partial charge < -0.3 is 15.2 Å². The third-order valence-electron chi connectivity index (χ3n) is 5.18. The molecule has 2 aliphatic heterocycles. The Morgan fingerprint density at radius 3 is 2.36 bits per heavy atom. The van der Waals surface area contributed by atoms with Gasteiger partial charge in [0.05, 0.1) is 30.9 Å². The molecule has 1 spiro atoms. The van der Waals surface area contributed by atoms with Crippen molar-refractivity contribution in [1.29, 1.82) is 10.5 Å². The van der Waals surface area contributed by atoms with Crippen LogP contribution >= 0.6 is 0 Å². The van der Waals surface area contributed by atoms with Gasteiger partial charge in [-0.05, 0) is 11.6 Å². The van der Waals surface area contributed by atoms with Gasteiger partial charge in [0.15, 0.2) is 5.41 Å². The number of amidine groups is 1. The van der Waals surface area contributed by atoms with Crippen LogP contribution in [0.15, 0.2) is 29.3 Å². The van der Waals surface area contributed by atoms with Gasteiger partial charge in [0.2, 0.25) is 0 Å². The smallest absolute Gasteiger partial charge is 0.386 e. The second kappa shape index (κ2) is 4.51. The number of rotatable bonds is 1. The highest BCUT2D eigenvalue weighted by Gasteiger charge is 2.94. The van der Waals surface area contributed by atoms with Crippen LogP contribution in [0.5, 0.6) is 0 Å². The number of aliphatic imine (C=N–C) groups is 1. The van der Waals surface area contributed by atoms with E-state index in [0.29, 0.717) is 0 Å². The number of hydrogen-bond donors (Lipinski definition) is 1. The Morgan fingerprint density at radius 2 is 1.80 bits per heavy atom. The van der Waals surface area contributed by atoms with Crippen molar-refractivity contribution < 1.29 is 22.6 Å². The first kappa shape index (κ1) is 15.9. The van der Waals surface area contributed by atoms with E-state index in [1.165, 1.54) is 18.2 Å². The fourth-order valence-electron chi connectivity index (χ4n) is 4.19. The number of nitrogens with zero attached hydrogens (tertiary/aromatic N) is 3. The van der Waals surface area contributed by atoms with E-state index in [2.05, 4.69) is 4.99 Å². The highest BCUT2D eigenvalue weighted by Crippen LogP contribution is 2.82. The van der Waals surface area contributed by atoms with E-state index in [-0.39, 0.29) is 24.6 Å². The number of benzene rings is 1. The van der Waals surface area contributed by atoms with E-state index in [9.17, 15) is 23.7 Å². The Morgan fingerprint density at radius 1 is 1.16 bits per heavy atom. The van der Waals surface area contributed by atoms with E-state index in [1.807, 2.05) is 12.1 Å². The average molecular weight is 348 g/mol. The lowest BCUT2D eigenvalue weighted by Gasteiger charge is -2.26. The first-order valence-corrected chi connectivity index (χ1v) is 7.43. The van der Waals surface area contributed by atoms with Crippen molar-refractivity contribution >= 4 is 5.84 Å². The zero-order valence-electron chi connectivity index (χ0n) is 12.7. The zero-order valence-corrected chi connectivity index (χ0v) is 12.7. The largest absolute Gasteiger partial charge is 0.416 e. The summed E-state index contributed by atoms with van der Waals surface area (Å²) in [5, 5.41) is 19.6. The molecule has 0 radical (unpaired) electrons. The monoisotopic (exact) mass is 348 g/mol. The molecule has 1 aromatic carbocycles. The van der Waals surface area contributed by atoms with E-state index in [0.717, 1.165) is 6.07 Å². The quantitative estimate of drug-likeness (QED) is 0.834. The highest BCUT2D eigenvalue weighted by atomic mass is 19.4. The van der Waals surface area contributed by atoms with Crippen molar-refractivity contribution in [2.45, 2.75) is 18.0 Å². The van der Waals surface area contributed by atoms with Crippen LogP contribution in [0.3, 0.4) is 0 Å². The molecule has 128 valence electrons. The summed E-state index contributed by atoms with van der Waals surface area (Å²) in [5.41, 5.74) is 1.33. The van der Waals surface area contributed by atoms with Crippen molar-refractivity contribution in [3.05, 3.63) is 35.4 Å². The molecule has 2 heterocycles. The highest BCUT2D eigenvalue weighted by molar-refractivity contribution is 6.00. The molecule has 3 aliphatic rings. The predicted octanol–water partition coefficient (Wildman–Crippen LogP) is 1.89. The average Bonchev–Trinajstić information content (AvgIpc) is 2.82. The van der Waals surface area contributed by atoms with Crippen LogP contribution in [0, 0.1) is 33.5 Å². The normalized spacial score (nSPS) is 34.9. The van der Waals surface area contributed by atoms with Gasteiger partial charge in [-0.3, -0.25) is 0 Å². The molecule has 6 nitrogen and oxygen atoms in total. The van der Waals surface area contributed by atoms with Crippen LogP contribution < -0.4 is 5.73 Å². The molecule has 25 heavy (non-hydrogen) atoms. The van der Waals surface area contributed by atoms with Gasteiger partial charge in [-0.2, -0.15) is 23.7 Å². The Bertz CT molecular complexity index is 879. The van der Waals surface area contributed by atoms with Gasteiger partial charge in [0, 0.05) is 5.92 Å². The van der Waals surface area contributed by atoms with Gasteiger partial charge in [0.25, 0.3) is 5.91 Å². The minimum Gasteiger partial charge on any atom is -0.386 e. The summed E-state index contributed by atoms with van der Waals surface area (Å²) < 4.78 is 51.3. The molecule has 1 saturated carbocycles. The van der Waals surface area contributed by atoms with Gasteiger partial charge in [0.1, 0.15) is 11.3 Å². The Labute approximate surface area is 140 Å². The summed E-state index contributed by atoms with van der Waals surface area (Å²) in [6.45, 7) is 0.213. The molecule has 2 fully saturated rings. The number of halogens is 3. The Hall–Kier alpha value is -2.62. The molecular weight excluding hydrogens is 337 g/mol. The summed E-state index contributed by atoms with van der Waals surface area (Å²) >= 11 is 0.